The normalized spacial score (nSPS) is 16.4. The quantitative estimate of drug-likeness (QED) is 0.257. The fraction of sp³-hybridized carbons (Fsp3) is 0.152. The molecule has 0 bridgehead atoms. The van der Waals surface area contributed by atoms with Crippen molar-refractivity contribution in [1.82, 2.24) is 0 Å². The van der Waals surface area contributed by atoms with Gasteiger partial charge in [0.2, 0.25) is 0 Å². The van der Waals surface area contributed by atoms with Gasteiger partial charge in [0.1, 0.15) is 5.82 Å². The summed E-state index contributed by atoms with van der Waals surface area (Å²) in [6, 6.07) is 29.5. The maximum absolute atomic E-state index is 14.4. The molecule has 1 unspecified atom stereocenters. The minimum absolute atomic E-state index is 0.173. The second kappa shape index (κ2) is 8.03. The second-order valence-corrected chi connectivity index (χ2v) is 10.9. The number of rotatable bonds is 2. The highest BCUT2D eigenvalue weighted by Crippen LogP contribution is 2.39. The topological polar surface area (TPSA) is 0 Å². The Balaban J connectivity index is 1.61. The average Bonchev–Trinajstić information content (AvgIpc) is 3.32. The molecule has 0 radical (unpaired) electrons. The summed E-state index contributed by atoms with van der Waals surface area (Å²) in [5.41, 5.74) is 6.96. The van der Waals surface area contributed by atoms with E-state index in [-0.39, 0.29) is 11.7 Å². The van der Waals surface area contributed by atoms with Gasteiger partial charge in [-0.05, 0) is 105 Å². The van der Waals surface area contributed by atoms with Crippen molar-refractivity contribution in [3.63, 3.8) is 0 Å². The maximum Gasteiger partial charge on any atom is 0.123 e. The van der Waals surface area contributed by atoms with Crippen LogP contribution < -0.4 is 10.4 Å². The van der Waals surface area contributed by atoms with Gasteiger partial charge in [0, 0.05) is 15.5 Å². The van der Waals surface area contributed by atoms with Crippen molar-refractivity contribution < 1.29 is 4.39 Å². The van der Waals surface area contributed by atoms with E-state index in [0.717, 1.165) is 29.7 Å². The molecule has 2 aliphatic carbocycles. The number of fused-ring (bicyclic) bond motifs is 5. The van der Waals surface area contributed by atoms with Crippen LogP contribution in [0.3, 0.4) is 0 Å². The fourth-order valence-electron chi connectivity index (χ4n) is 6.12. The van der Waals surface area contributed by atoms with Gasteiger partial charge < -0.3 is 0 Å². The summed E-state index contributed by atoms with van der Waals surface area (Å²) in [6.45, 7) is 2.21. The van der Waals surface area contributed by atoms with Gasteiger partial charge in [-0.25, -0.2) is 4.39 Å². The first-order valence-corrected chi connectivity index (χ1v) is 13.2. The Kier molecular flexibility index (Phi) is 4.78. The third-order valence-corrected chi connectivity index (χ3v) is 8.92. The highest BCUT2D eigenvalue weighted by Gasteiger charge is 2.25. The molecule has 1 aromatic heterocycles. The molecule has 0 saturated heterocycles. The minimum atomic E-state index is -0.173. The van der Waals surface area contributed by atoms with Crippen LogP contribution in [-0.2, 0) is 6.42 Å². The van der Waals surface area contributed by atoms with Crippen LogP contribution in [0.2, 0.25) is 0 Å². The molecule has 2 aliphatic rings. The van der Waals surface area contributed by atoms with E-state index in [0.29, 0.717) is 0 Å². The fourth-order valence-corrected chi connectivity index (χ4v) is 7.27. The van der Waals surface area contributed by atoms with Crippen molar-refractivity contribution in [2.45, 2.75) is 32.1 Å². The zero-order valence-corrected chi connectivity index (χ0v) is 20.5. The summed E-state index contributed by atoms with van der Waals surface area (Å²) in [7, 11) is 0. The Morgan fingerprint density at radius 1 is 0.800 bits per heavy atom. The standard InChI is InChI=1S/C33H25FS/c1-20-7-2-4-9-24(20)25-10-6-11-27-26(25)15-16-28-29-19-23(34)14-13-21(29)17-30(33(27)28)32-18-22-8-3-5-12-31(22)35-32/h2-5,7-9,12-19,30H,6,10-11H2,1H3. The molecular weight excluding hydrogens is 447 g/mol. The summed E-state index contributed by atoms with van der Waals surface area (Å²) in [6.07, 6.45) is 5.67. The summed E-state index contributed by atoms with van der Waals surface area (Å²) in [5.74, 6) is -0.000161. The molecule has 0 spiro atoms. The smallest absolute Gasteiger partial charge is 0.123 e. The first-order valence-electron chi connectivity index (χ1n) is 12.4. The van der Waals surface area contributed by atoms with Crippen LogP contribution in [0.1, 0.15) is 45.9 Å². The van der Waals surface area contributed by atoms with Crippen LogP contribution >= 0.6 is 11.3 Å². The summed E-state index contributed by atoms with van der Waals surface area (Å²) < 4.78 is 15.7. The zero-order chi connectivity index (χ0) is 23.5. The molecule has 0 N–H and O–H groups in total. The van der Waals surface area contributed by atoms with Gasteiger partial charge in [-0.2, -0.15) is 0 Å². The Labute approximate surface area is 208 Å². The highest BCUT2D eigenvalue weighted by atomic mass is 32.1. The van der Waals surface area contributed by atoms with Gasteiger partial charge >= 0.3 is 0 Å². The van der Waals surface area contributed by atoms with Crippen molar-refractivity contribution in [1.29, 1.82) is 0 Å². The van der Waals surface area contributed by atoms with Crippen LogP contribution in [-0.4, -0.2) is 0 Å². The lowest BCUT2D eigenvalue weighted by molar-refractivity contribution is 0.626. The van der Waals surface area contributed by atoms with Gasteiger partial charge in [0.05, 0.1) is 0 Å². The Morgan fingerprint density at radius 2 is 1.63 bits per heavy atom. The second-order valence-electron chi connectivity index (χ2n) is 9.76. The molecule has 0 amide bonds. The molecule has 0 fully saturated rings. The predicted molar refractivity (Wildman–Crippen MR) is 145 cm³/mol. The van der Waals surface area contributed by atoms with Crippen LogP contribution in [0.15, 0.2) is 84.9 Å². The molecule has 2 heteroatoms. The van der Waals surface area contributed by atoms with E-state index in [1.165, 1.54) is 53.2 Å². The lowest BCUT2D eigenvalue weighted by Gasteiger charge is -2.25. The lowest BCUT2D eigenvalue weighted by Crippen LogP contribution is -2.25. The van der Waals surface area contributed by atoms with Crippen molar-refractivity contribution in [3.8, 4) is 0 Å². The van der Waals surface area contributed by atoms with Gasteiger partial charge in [0.15, 0.2) is 0 Å². The molecule has 35 heavy (non-hydrogen) atoms. The molecule has 0 saturated carbocycles. The number of hydrogen-bond acceptors (Lipinski definition) is 1. The molecule has 1 heterocycles. The van der Waals surface area contributed by atoms with E-state index in [1.54, 1.807) is 12.1 Å². The first kappa shape index (κ1) is 20.8. The molecule has 1 atom stereocenters. The molecule has 0 aliphatic heterocycles. The lowest BCUT2D eigenvalue weighted by atomic mass is 9.79. The predicted octanol–water partition coefficient (Wildman–Crippen LogP) is 7.10. The molecule has 4 aromatic carbocycles. The van der Waals surface area contributed by atoms with Gasteiger partial charge in [-0.15, -0.1) is 11.3 Å². The first-order chi connectivity index (χ1) is 17.2. The molecule has 5 aromatic rings. The number of halogens is 1. The van der Waals surface area contributed by atoms with E-state index in [9.17, 15) is 4.39 Å². The van der Waals surface area contributed by atoms with Gasteiger partial charge in [-0.3, -0.25) is 0 Å². The van der Waals surface area contributed by atoms with Crippen molar-refractivity contribution >= 4 is 33.1 Å². The Hall–Kier alpha value is -3.49. The summed E-state index contributed by atoms with van der Waals surface area (Å²) in [5, 5.41) is 6.01. The van der Waals surface area contributed by atoms with E-state index in [2.05, 4.69) is 79.7 Å². The van der Waals surface area contributed by atoms with E-state index in [4.69, 9.17) is 0 Å². The summed E-state index contributed by atoms with van der Waals surface area (Å²) >= 11 is 1.88. The number of benzene rings is 4. The third-order valence-electron chi connectivity index (χ3n) is 7.72. The third kappa shape index (κ3) is 3.31. The van der Waals surface area contributed by atoms with Crippen LogP contribution in [0.5, 0.6) is 0 Å². The number of aryl methyl sites for hydroxylation is 1. The van der Waals surface area contributed by atoms with Crippen molar-refractivity contribution in [2.75, 3.05) is 0 Å². The molecule has 0 nitrogen and oxygen atoms in total. The monoisotopic (exact) mass is 472 g/mol. The van der Waals surface area contributed by atoms with E-state index < -0.39 is 0 Å². The SMILES string of the molecule is Cc1ccccc1C1=c2ccc3c(c2CCC1)C(c1cc2ccccc2s1)C=c1ccc(F)cc1=3. The molecule has 7 rings (SSSR count). The van der Waals surface area contributed by atoms with Crippen LogP contribution in [0.25, 0.3) is 21.7 Å². The van der Waals surface area contributed by atoms with E-state index in [1.807, 2.05) is 17.4 Å². The highest BCUT2D eigenvalue weighted by molar-refractivity contribution is 7.19. The largest absolute Gasteiger partial charge is 0.207 e. The Morgan fingerprint density at radius 3 is 2.51 bits per heavy atom. The summed E-state index contributed by atoms with van der Waals surface area (Å²) in [4.78, 5) is 1.36. The van der Waals surface area contributed by atoms with Gasteiger partial charge in [0.25, 0.3) is 0 Å². The number of hydrogen-bond donors (Lipinski definition) is 0. The van der Waals surface area contributed by atoms with Gasteiger partial charge in [-0.1, -0.05) is 66.7 Å². The van der Waals surface area contributed by atoms with Crippen molar-refractivity contribution in [2.24, 2.45) is 0 Å². The average molecular weight is 473 g/mol. The maximum atomic E-state index is 14.4. The van der Waals surface area contributed by atoms with Crippen molar-refractivity contribution in [3.05, 3.63) is 139 Å². The van der Waals surface area contributed by atoms with Crippen LogP contribution in [0.4, 0.5) is 4.39 Å². The van der Waals surface area contributed by atoms with Crippen LogP contribution in [0, 0.1) is 23.2 Å². The Bertz CT molecular complexity index is 1820. The molecule has 170 valence electrons. The zero-order valence-electron chi connectivity index (χ0n) is 19.6. The van der Waals surface area contributed by atoms with E-state index >= 15 is 0 Å². The molecular formula is C33H25FS. The minimum Gasteiger partial charge on any atom is -0.207 e. The number of thiophene rings is 1.